The molecule has 1 saturated heterocycles. The first-order valence-electron chi connectivity index (χ1n) is 6.22. The molecule has 0 bridgehead atoms. The van der Waals surface area contributed by atoms with Gasteiger partial charge >= 0.3 is 5.69 Å². The highest BCUT2D eigenvalue weighted by molar-refractivity contribution is 5.59. The predicted octanol–water partition coefficient (Wildman–Crippen LogP) is 1.81. The van der Waals surface area contributed by atoms with Crippen LogP contribution in [0.2, 0.25) is 0 Å². The van der Waals surface area contributed by atoms with Crippen LogP contribution in [0.15, 0.2) is 6.20 Å². The van der Waals surface area contributed by atoms with Gasteiger partial charge in [-0.1, -0.05) is 0 Å². The van der Waals surface area contributed by atoms with Gasteiger partial charge in [-0.2, -0.15) is 4.98 Å². The summed E-state index contributed by atoms with van der Waals surface area (Å²) in [6.45, 7) is 4.27. The van der Waals surface area contributed by atoms with Crippen molar-refractivity contribution in [3.63, 3.8) is 0 Å². The maximum atomic E-state index is 11.0. The molecule has 1 N–H and O–H groups in total. The smallest absolute Gasteiger partial charge is 0.329 e. The molecule has 2 heterocycles. The zero-order valence-electron chi connectivity index (χ0n) is 10.4. The number of rotatable bonds is 4. The Balaban J connectivity index is 2.33. The van der Waals surface area contributed by atoms with Crippen molar-refractivity contribution in [3.8, 4) is 0 Å². The lowest BCUT2D eigenvalue weighted by atomic mass is 10.1. The number of nitro groups is 1. The van der Waals surface area contributed by atoms with Gasteiger partial charge in [0.2, 0.25) is 11.8 Å². The van der Waals surface area contributed by atoms with E-state index < -0.39 is 4.92 Å². The fourth-order valence-electron chi connectivity index (χ4n) is 2.08. The van der Waals surface area contributed by atoms with E-state index in [2.05, 4.69) is 15.3 Å². The number of nitrogens with one attached hydrogen (secondary N) is 1. The van der Waals surface area contributed by atoms with Crippen molar-refractivity contribution >= 4 is 17.5 Å². The van der Waals surface area contributed by atoms with Crippen LogP contribution in [-0.4, -0.2) is 34.5 Å². The summed E-state index contributed by atoms with van der Waals surface area (Å²) in [5.74, 6) is 0.884. The Morgan fingerprint density at radius 1 is 1.44 bits per heavy atom. The van der Waals surface area contributed by atoms with E-state index in [4.69, 9.17) is 0 Å². The zero-order valence-corrected chi connectivity index (χ0v) is 10.4. The first-order chi connectivity index (χ1) is 8.72. The van der Waals surface area contributed by atoms with Crippen molar-refractivity contribution in [2.24, 2.45) is 0 Å². The molecule has 7 heteroatoms. The van der Waals surface area contributed by atoms with Crippen molar-refractivity contribution in [1.29, 1.82) is 0 Å². The molecular formula is C11H17N5O2. The third-order valence-electron chi connectivity index (χ3n) is 2.94. The maximum Gasteiger partial charge on any atom is 0.329 e. The average molecular weight is 251 g/mol. The van der Waals surface area contributed by atoms with E-state index in [1.165, 1.54) is 12.6 Å². The van der Waals surface area contributed by atoms with Crippen molar-refractivity contribution < 1.29 is 4.92 Å². The summed E-state index contributed by atoms with van der Waals surface area (Å²) >= 11 is 0. The fraction of sp³-hybridized carbons (Fsp3) is 0.636. The van der Waals surface area contributed by atoms with E-state index in [9.17, 15) is 10.1 Å². The average Bonchev–Trinajstić information content (AvgIpc) is 2.40. The number of hydrogen-bond donors (Lipinski definition) is 1. The second-order valence-electron chi connectivity index (χ2n) is 4.24. The molecule has 0 saturated carbocycles. The van der Waals surface area contributed by atoms with Gasteiger partial charge in [0.1, 0.15) is 6.20 Å². The molecule has 1 aromatic rings. The van der Waals surface area contributed by atoms with Gasteiger partial charge in [0, 0.05) is 19.6 Å². The molecule has 1 aromatic heterocycles. The van der Waals surface area contributed by atoms with Crippen LogP contribution in [0, 0.1) is 10.1 Å². The third kappa shape index (κ3) is 2.66. The molecule has 2 rings (SSSR count). The van der Waals surface area contributed by atoms with Crippen molar-refractivity contribution in [2.45, 2.75) is 26.2 Å². The van der Waals surface area contributed by atoms with Gasteiger partial charge in [-0.05, 0) is 26.2 Å². The highest BCUT2D eigenvalue weighted by atomic mass is 16.6. The Morgan fingerprint density at radius 2 is 2.17 bits per heavy atom. The second kappa shape index (κ2) is 5.61. The summed E-state index contributed by atoms with van der Waals surface area (Å²) in [7, 11) is 0. The lowest BCUT2D eigenvalue weighted by molar-refractivity contribution is -0.384. The van der Waals surface area contributed by atoms with Crippen LogP contribution in [0.25, 0.3) is 0 Å². The molecule has 1 aliphatic heterocycles. The Morgan fingerprint density at radius 3 is 2.78 bits per heavy atom. The Hall–Kier alpha value is -1.92. The van der Waals surface area contributed by atoms with Crippen LogP contribution in [0.3, 0.4) is 0 Å². The van der Waals surface area contributed by atoms with Crippen molar-refractivity contribution in [2.75, 3.05) is 29.9 Å². The zero-order chi connectivity index (χ0) is 13.0. The summed E-state index contributed by atoms with van der Waals surface area (Å²) in [4.78, 5) is 20.8. The molecule has 1 aliphatic rings. The first kappa shape index (κ1) is 12.5. The molecule has 0 atom stereocenters. The maximum absolute atomic E-state index is 11.0. The van der Waals surface area contributed by atoms with Gasteiger partial charge in [0.05, 0.1) is 4.92 Å². The van der Waals surface area contributed by atoms with Gasteiger partial charge in [0.15, 0.2) is 0 Å². The summed E-state index contributed by atoms with van der Waals surface area (Å²) in [6, 6.07) is 0. The van der Waals surface area contributed by atoms with E-state index >= 15 is 0 Å². The number of hydrogen-bond acceptors (Lipinski definition) is 6. The highest BCUT2D eigenvalue weighted by Crippen LogP contribution is 2.28. The molecule has 0 aromatic carbocycles. The molecule has 1 fully saturated rings. The van der Waals surface area contributed by atoms with Crippen LogP contribution in [-0.2, 0) is 0 Å². The molecule has 18 heavy (non-hydrogen) atoms. The van der Waals surface area contributed by atoms with Crippen LogP contribution in [0.1, 0.15) is 26.2 Å². The van der Waals surface area contributed by atoms with Crippen molar-refractivity contribution in [1.82, 2.24) is 9.97 Å². The largest absolute Gasteiger partial charge is 0.354 e. The minimum absolute atomic E-state index is 0.0152. The third-order valence-corrected chi connectivity index (χ3v) is 2.94. The van der Waals surface area contributed by atoms with E-state index in [1.54, 1.807) is 0 Å². The lowest BCUT2D eigenvalue weighted by Crippen LogP contribution is -2.31. The Kier molecular flexibility index (Phi) is 3.91. The SMILES string of the molecule is CCNc1ncc([N+](=O)[O-])c(N2CCCCC2)n1. The number of aromatic nitrogens is 2. The van der Waals surface area contributed by atoms with Crippen LogP contribution in [0.4, 0.5) is 17.5 Å². The van der Waals surface area contributed by atoms with Crippen LogP contribution >= 0.6 is 0 Å². The molecule has 0 unspecified atom stereocenters. The number of anilines is 2. The van der Waals surface area contributed by atoms with Gasteiger partial charge in [0.25, 0.3) is 0 Å². The topological polar surface area (TPSA) is 84.2 Å². The van der Waals surface area contributed by atoms with E-state index in [-0.39, 0.29) is 5.69 Å². The molecule has 0 amide bonds. The van der Waals surface area contributed by atoms with Gasteiger partial charge < -0.3 is 10.2 Å². The van der Waals surface area contributed by atoms with E-state index in [0.717, 1.165) is 25.9 Å². The summed E-state index contributed by atoms with van der Waals surface area (Å²) in [5, 5.41) is 14.0. The van der Waals surface area contributed by atoms with Crippen molar-refractivity contribution in [3.05, 3.63) is 16.3 Å². The Labute approximate surface area is 105 Å². The Bertz CT molecular complexity index is 431. The number of nitrogens with zero attached hydrogens (tertiary/aromatic N) is 4. The second-order valence-corrected chi connectivity index (χ2v) is 4.24. The summed E-state index contributed by atoms with van der Waals surface area (Å²) in [5.41, 5.74) is -0.0152. The summed E-state index contributed by atoms with van der Waals surface area (Å²) < 4.78 is 0. The lowest BCUT2D eigenvalue weighted by Gasteiger charge is -2.27. The van der Waals surface area contributed by atoms with Crippen LogP contribution in [0.5, 0.6) is 0 Å². The molecule has 0 radical (unpaired) electrons. The van der Waals surface area contributed by atoms with Gasteiger partial charge in [-0.15, -0.1) is 0 Å². The highest BCUT2D eigenvalue weighted by Gasteiger charge is 2.23. The van der Waals surface area contributed by atoms with E-state index in [0.29, 0.717) is 18.3 Å². The van der Waals surface area contributed by atoms with Gasteiger partial charge in [-0.25, -0.2) is 4.98 Å². The molecule has 0 spiro atoms. The normalized spacial score (nSPS) is 15.5. The number of piperidine rings is 1. The minimum Gasteiger partial charge on any atom is -0.354 e. The quantitative estimate of drug-likeness (QED) is 0.649. The monoisotopic (exact) mass is 251 g/mol. The summed E-state index contributed by atoms with van der Waals surface area (Å²) in [6.07, 6.45) is 4.57. The van der Waals surface area contributed by atoms with Gasteiger partial charge in [-0.3, -0.25) is 10.1 Å². The molecule has 98 valence electrons. The molecule has 0 aliphatic carbocycles. The predicted molar refractivity (Wildman–Crippen MR) is 68.9 cm³/mol. The first-order valence-corrected chi connectivity index (χ1v) is 6.22. The molecular weight excluding hydrogens is 234 g/mol. The standard InChI is InChI=1S/C11H17N5O2/c1-2-12-11-13-8-9(16(17)18)10(14-11)15-6-4-3-5-7-15/h8H,2-7H2,1H3,(H,12,13,14). The van der Waals surface area contributed by atoms with Crippen LogP contribution < -0.4 is 10.2 Å². The van der Waals surface area contributed by atoms with E-state index in [1.807, 2.05) is 11.8 Å². The molecule has 7 nitrogen and oxygen atoms in total. The fourth-order valence-corrected chi connectivity index (χ4v) is 2.08. The minimum atomic E-state index is -0.417.